The Morgan fingerprint density at radius 3 is 2.50 bits per heavy atom. The molecule has 0 fully saturated rings. The number of benzene rings is 1. The van der Waals surface area contributed by atoms with Crippen molar-refractivity contribution in [3.63, 3.8) is 0 Å². The van der Waals surface area contributed by atoms with Crippen LogP contribution in [0, 0.1) is 0 Å². The molecule has 0 aromatic heterocycles. The van der Waals surface area contributed by atoms with Gasteiger partial charge in [0.25, 0.3) is 0 Å². The monoisotopic (exact) mass is 280 g/mol. The maximum Gasteiger partial charge on any atom is 0.237 e. The zero-order valence-corrected chi connectivity index (χ0v) is 12.6. The van der Waals surface area contributed by atoms with Crippen molar-refractivity contribution < 1.29 is 14.3 Å². The van der Waals surface area contributed by atoms with Crippen LogP contribution in [0.4, 0.5) is 0 Å². The first-order valence-electron chi connectivity index (χ1n) is 6.77. The van der Waals surface area contributed by atoms with Crippen LogP contribution in [0.3, 0.4) is 0 Å². The minimum Gasteiger partial charge on any atom is -0.493 e. The van der Waals surface area contributed by atoms with Crippen LogP contribution in [-0.2, 0) is 4.79 Å². The number of methoxy groups -OCH3 is 1. The minimum absolute atomic E-state index is 0.178. The Balaban J connectivity index is 2.75. The van der Waals surface area contributed by atoms with Gasteiger partial charge < -0.3 is 20.5 Å². The second-order valence-corrected chi connectivity index (χ2v) is 5.01. The molecule has 0 saturated heterocycles. The summed E-state index contributed by atoms with van der Waals surface area (Å²) in [4.78, 5) is 11.6. The first kappa shape index (κ1) is 16.3. The van der Waals surface area contributed by atoms with Crippen molar-refractivity contribution in [3.8, 4) is 11.5 Å². The average molecular weight is 280 g/mol. The lowest BCUT2D eigenvalue weighted by Gasteiger charge is -2.30. The number of primary amides is 1. The van der Waals surface area contributed by atoms with E-state index in [2.05, 4.69) is 5.32 Å². The molecule has 0 heterocycles. The number of nitrogens with two attached hydrogens (primary N) is 1. The fourth-order valence-electron chi connectivity index (χ4n) is 2.20. The Labute approximate surface area is 120 Å². The van der Waals surface area contributed by atoms with Gasteiger partial charge in [-0.25, -0.2) is 0 Å². The van der Waals surface area contributed by atoms with E-state index in [0.717, 1.165) is 0 Å². The van der Waals surface area contributed by atoms with Gasteiger partial charge in [0, 0.05) is 6.42 Å². The first-order valence-corrected chi connectivity index (χ1v) is 6.77. The standard InChI is InChI=1S/C15H24N2O3/c1-5-17-15(3,14(16)18)10-11(2)20-13-9-7-6-8-12(13)19-4/h6-9,11,17H,5,10H2,1-4H3,(H2,16,18). The number of para-hydroxylation sites is 2. The van der Waals surface area contributed by atoms with Crippen molar-refractivity contribution in [1.29, 1.82) is 0 Å². The van der Waals surface area contributed by atoms with E-state index in [1.165, 1.54) is 0 Å². The molecule has 0 aliphatic carbocycles. The Bertz CT molecular complexity index is 450. The SMILES string of the molecule is CCNC(C)(CC(C)Oc1ccccc1OC)C(N)=O. The van der Waals surface area contributed by atoms with Gasteiger partial charge in [-0.3, -0.25) is 4.79 Å². The van der Waals surface area contributed by atoms with E-state index in [-0.39, 0.29) is 12.0 Å². The molecule has 1 aromatic rings. The second kappa shape index (κ2) is 7.14. The molecule has 20 heavy (non-hydrogen) atoms. The fraction of sp³-hybridized carbons (Fsp3) is 0.533. The van der Waals surface area contributed by atoms with Crippen LogP contribution in [0.5, 0.6) is 11.5 Å². The summed E-state index contributed by atoms with van der Waals surface area (Å²) in [5.41, 5.74) is 4.69. The van der Waals surface area contributed by atoms with Crippen molar-refractivity contribution in [2.45, 2.75) is 38.8 Å². The molecule has 0 radical (unpaired) electrons. The highest BCUT2D eigenvalue weighted by molar-refractivity contribution is 5.84. The van der Waals surface area contributed by atoms with Gasteiger partial charge in [0.2, 0.25) is 5.91 Å². The molecule has 1 rings (SSSR count). The third-order valence-corrected chi connectivity index (χ3v) is 3.20. The van der Waals surface area contributed by atoms with E-state index in [1.54, 1.807) is 14.0 Å². The lowest BCUT2D eigenvalue weighted by molar-refractivity contribution is -0.124. The molecule has 112 valence electrons. The van der Waals surface area contributed by atoms with E-state index < -0.39 is 5.54 Å². The van der Waals surface area contributed by atoms with E-state index in [4.69, 9.17) is 15.2 Å². The summed E-state index contributed by atoms with van der Waals surface area (Å²) in [7, 11) is 1.60. The van der Waals surface area contributed by atoms with Gasteiger partial charge in [-0.15, -0.1) is 0 Å². The number of rotatable bonds is 8. The highest BCUT2D eigenvalue weighted by Gasteiger charge is 2.32. The molecule has 0 aliphatic rings. The fourth-order valence-corrected chi connectivity index (χ4v) is 2.20. The summed E-state index contributed by atoms with van der Waals surface area (Å²) in [6.45, 7) is 6.31. The molecule has 0 bridgehead atoms. The molecule has 1 amide bonds. The van der Waals surface area contributed by atoms with Crippen molar-refractivity contribution in [3.05, 3.63) is 24.3 Å². The Kier molecular flexibility index (Phi) is 5.82. The van der Waals surface area contributed by atoms with Gasteiger partial charge in [0.15, 0.2) is 11.5 Å². The summed E-state index contributed by atoms with van der Waals surface area (Å²) in [5.74, 6) is 0.948. The van der Waals surface area contributed by atoms with Crippen molar-refractivity contribution in [1.82, 2.24) is 5.32 Å². The Morgan fingerprint density at radius 2 is 2.00 bits per heavy atom. The molecule has 0 spiro atoms. The van der Waals surface area contributed by atoms with Gasteiger partial charge in [0.05, 0.1) is 18.8 Å². The molecule has 3 N–H and O–H groups in total. The average Bonchev–Trinajstić information content (AvgIpc) is 2.39. The molecular formula is C15H24N2O3. The van der Waals surface area contributed by atoms with Gasteiger partial charge in [-0.2, -0.15) is 0 Å². The van der Waals surface area contributed by atoms with Crippen molar-refractivity contribution >= 4 is 5.91 Å². The Hall–Kier alpha value is -1.75. The smallest absolute Gasteiger partial charge is 0.237 e. The number of hydrogen-bond acceptors (Lipinski definition) is 4. The third kappa shape index (κ3) is 4.13. The van der Waals surface area contributed by atoms with E-state index in [9.17, 15) is 4.79 Å². The highest BCUT2D eigenvalue weighted by atomic mass is 16.5. The van der Waals surface area contributed by atoms with Crippen LogP contribution < -0.4 is 20.5 Å². The second-order valence-electron chi connectivity index (χ2n) is 5.01. The predicted octanol–water partition coefficient (Wildman–Crippen LogP) is 1.71. The topological polar surface area (TPSA) is 73.6 Å². The summed E-state index contributed by atoms with van der Waals surface area (Å²) < 4.78 is 11.1. The molecule has 0 saturated carbocycles. The van der Waals surface area contributed by atoms with Gasteiger partial charge in [-0.1, -0.05) is 19.1 Å². The largest absolute Gasteiger partial charge is 0.493 e. The van der Waals surface area contributed by atoms with Crippen molar-refractivity contribution in [2.24, 2.45) is 5.73 Å². The number of hydrogen-bond donors (Lipinski definition) is 2. The number of likely N-dealkylation sites (N-methyl/N-ethyl adjacent to an activating group) is 1. The van der Waals surface area contributed by atoms with E-state index in [0.29, 0.717) is 24.5 Å². The maximum absolute atomic E-state index is 11.6. The molecular weight excluding hydrogens is 256 g/mol. The molecule has 0 aliphatic heterocycles. The van der Waals surface area contributed by atoms with Crippen LogP contribution in [0.2, 0.25) is 0 Å². The first-order chi connectivity index (χ1) is 9.42. The number of carbonyl (C=O) groups is 1. The van der Waals surface area contributed by atoms with Gasteiger partial charge in [-0.05, 0) is 32.5 Å². The van der Waals surface area contributed by atoms with Crippen LogP contribution in [0.25, 0.3) is 0 Å². The summed E-state index contributed by atoms with van der Waals surface area (Å²) in [6.07, 6.45) is 0.302. The van der Waals surface area contributed by atoms with Crippen LogP contribution in [0.1, 0.15) is 27.2 Å². The third-order valence-electron chi connectivity index (χ3n) is 3.20. The predicted molar refractivity (Wildman–Crippen MR) is 79.0 cm³/mol. The van der Waals surface area contributed by atoms with Gasteiger partial charge in [0.1, 0.15) is 0 Å². The quantitative estimate of drug-likeness (QED) is 0.760. The highest BCUT2D eigenvalue weighted by Crippen LogP contribution is 2.28. The lowest BCUT2D eigenvalue weighted by Crippen LogP contribution is -2.55. The van der Waals surface area contributed by atoms with Crippen LogP contribution in [0.15, 0.2) is 24.3 Å². The summed E-state index contributed by atoms with van der Waals surface area (Å²) in [5, 5.41) is 3.12. The van der Waals surface area contributed by atoms with E-state index >= 15 is 0 Å². The minimum atomic E-state index is -0.782. The van der Waals surface area contributed by atoms with Crippen molar-refractivity contribution in [2.75, 3.05) is 13.7 Å². The molecule has 2 atom stereocenters. The lowest BCUT2D eigenvalue weighted by atomic mass is 9.94. The molecule has 2 unspecified atom stereocenters. The van der Waals surface area contributed by atoms with Crippen LogP contribution >= 0.6 is 0 Å². The summed E-state index contributed by atoms with van der Waals surface area (Å²) in [6, 6.07) is 7.43. The Morgan fingerprint density at radius 1 is 1.40 bits per heavy atom. The number of nitrogens with one attached hydrogen (secondary N) is 1. The summed E-state index contributed by atoms with van der Waals surface area (Å²) >= 11 is 0. The zero-order valence-electron chi connectivity index (χ0n) is 12.6. The molecule has 5 nitrogen and oxygen atoms in total. The number of ether oxygens (including phenoxy) is 2. The number of amides is 1. The number of carbonyl (C=O) groups excluding carboxylic acids is 1. The zero-order chi connectivity index (χ0) is 15.2. The van der Waals surface area contributed by atoms with Gasteiger partial charge >= 0.3 is 0 Å². The maximum atomic E-state index is 11.6. The molecule has 1 aromatic carbocycles. The normalized spacial score (nSPS) is 15.2. The molecule has 5 heteroatoms. The van der Waals surface area contributed by atoms with Crippen LogP contribution in [-0.4, -0.2) is 31.2 Å². The van der Waals surface area contributed by atoms with E-state index in [1.807, 2.05) is 38.1 Å².